The van der Waals surface area contributed by atoms with Gasteiger partial charge in [0.15, 0.2) is 6.29 Å². The molecule has 0 bridgehead atoms. The van der Waals surface area contributed by atoms with Gasteiger partial charge in [-0.25, -0.2) is 0 Å². The van der Waals surface area contributed by atoms with E-state index < -0.39 is 0 Å². The summed E-state index contributed by atoms with van der Waals surface area (Å²) in [5.74, 6) is 0.592. The Labute approximate surface area is 77.5 Å². The van der Waals surface area contributed by atoms with Crippen LogP contribution in [0.1, 0.15) is 17.3 Å². The van der Waals surface area contributed by atoms with Gasteiger partial charge in [-0.3, -0.25) is 4.79 Å². The lowest BCUT2D eigenvalue weighted by atomic mass is 10.2. The molecule has 0 radical (unpaired) electrons. The Balaban J connectivity index is 2.69. The molecule has 3 heteroatoms. The van der Waals surface area contributed by atoms with Crippen molar-refractivity contribution in [3.8, 4) is 5.75 Å². The van der Waals surface area contributed by atoms with E-state index in [0.29, 0.717) is 17.9 Å². The summed E-state index contributed by atoms with van der Waals surface area (Å²) < 4.78 is 5.33. The summed E-state index contributed by atoms with van der Waals surface area (Å²) >= 11 is 0. The molecule has 2 N–H and O–H groups in total. The van der Waals surface area contributed by atoms with Gasteiger partial charge in [0, 0.05) is 6.04 Å². The number of para-hydroxylation sites is 1. The van der Waals surface area contributed by atoms with Crippen LogP contribution in [0.2, 0.25) is 0 Å². The van der Waals surface area contributed by atoms with Crippen molar-refractivity contribution in [3.05, 3.63) is 29.8 Å². The maximum Gasteiger partial charge on any atom is 0.153 e. The topological polar surface area (TPSA) is 52.3 Å². The van der Waals surface area contributed by atoms with E-state index in [-0.39, 0.29) is 6.04 Å². The minimum absolute atomic E-state index is 0.0280. The predicted molar refractivity (Wildman–Crippen MR) is 51.0 cm³/mol. The monoisotopic (exact) mass is 179 g/mol. The van der Waals surface area contributed by atoms with Crippen LogP contribution in [-0.4, -0.2) is 18.9 Å². The predicted octanol–water partition coefficient (Wildman–Crippen LogP) is 1.23. The Morgan fingerprint density at radius 2 is 2.23 bits per heavy atom. The molecule has 0 amide bonds. The van der Waals surface area contributed by atoms with E-state index in [2.05, 4.69) is 0 Å². The summed E-state index contributed by atoms with van der Waals surface area (Å²) in [6.45, 7) is 2.27. The Morgan fingerprint density at radius 1 is 1.54 bits per heavy atom. The summed E-state index contributed by atoms with van der Waals surface area (Å²) in [6.07, 6.45) is 0.774. The fourth-order valence-electron chi connectivity index (χ4n) is 0.931. The molecule has 1 aromatic rings. The number of aldehydes is 1. The van der Waals surface area contributed by atoms with Crippen LogP contribution in [0.25, 0.3) is 0 Å². The van der Waals surface area contributed by atoms with Crippen molar-refractivity contribution in [2.75, 3.05) is 6.61 Å². The zero-order valence-corrected chi connectivity index (χ0v) is 7.57. The van der Waals surface area contributed by atoms with E-state index in [0.717, 1.165) is 6.29 Å². The lowest BCUT2D eigenvalue weighted by Crippen LogP contribution is -2.23. The Kier molecular flexibility index (Phi) is 3.46. The minimum Gasteiger partial charge on any atom is -0.491 e. The first kappa shape index (κ1) is 9.74. The van der Waals surface area contributed by atoms with Crippen molar-refractivity contribution in [1.82, 2.24) is 0 Å². The molecule has 0 aromatic heterocycles. The highest BCUT2D eigenvalue weighted by atomic mass is 16.5. The number of nitrogens with two attached hydrogens (primary N) is 1. The van der Waals surface area contributed by atoms with Crippen LogP contribution in [-0.2, 0) is 0 Å². The molecule has 0 fully saturated rings. The third kappa shape index (κ3) is 2.87. The smallest absolute Gasteiger partial charge is 0.153 e. The van der Waals surface area contributed by atoms with Crippen LogP contribution in [0.4, 0.5) is 0 Å². The average molecular weight is 179 g/mol. The standard InChI is InChI=1S/C10H13NO2/c1-8(11)7-13-10-5-3-2-4-9(10)6-12/h2-6,8H,7,11H2,1H3. The number of hydrogen-bond acceptors (Lipinski definition) is 3. The van der Waals surface area contributed by atoms with E-state index in [1.54, 1.807) is 18.2 Å². The number of carbonyl (C=O) groups is 1. The molecule has 1 unspecified atom stereocenters. The van der Waals surface area contributed by atoms with Crippen LogP contribution in [0, 0.1) is 0 Å². The van der Waals surface area contributed by atoms with Crippen LogP contribution in [0.15, 0.2) is 24.3 Å². The third-order valence-electron chi connectivity index (χ3n) is 1.55. The minimum atomic E-state index is -0.0280. The molecule has 1 atom stereocenters. The molecule has 3 nitrogen and oxygen atoms in total. The van der Waals surface area contributed by atoms with E-state index >= 15 is 0 Å². The molecular weight excluding hydrogens is 166 g/mol. The number of rotatable bonds is 4. The summed E-state index contributed by atoms with van der Waals surface area (Å²) in [5.41, 5.74) is 6.08. The first-order valence-corrected chi connectivity index (χ1v) is 4.16. The first-order chi connectivity index (χ1) is 6.24. The fraction of sp³-hybridized carbons (Fsp3) is 0.300. The Morgan fingerprint density at radius 3 is 2.85 bits per heavy atom. The maximum atomic E-state index is 10.6. The van der Waals surface area contributed by atoms with Crippen molar-refractivity contribution < 1.29 is 9.53 Å². The SMILES string of the molecule is CC(N)COc1ccccc1C=O. The molecule has 0 aliphatic carbocycles. The molecule has 0 heterocycles. The number of benzene rings is 1. The number of ether oxygens (including phenoxy) is 1. The number of carbonyl (C=O) groups excluding carboxylic acids is 1. The van der Waals surface area contributed by atoms with Gasteiger partial charge in [0.2, 0.25) is 0 Å². The molecule has 70 valence electrons. The molecular formula is C10H13NO2. The van der Waals surface area contributed by atoms with Crippen LogP contribution in [0.3, 0.4) is 0 Å². The molecule has 0 saturated heterocycles. The summed E-state index contributed by atoms with van der Waals surface area (Å²) in [7, 11) is 0. The maximum absolute atomic E-state index is 10.6. The zero-order chi connectivity index (χ0) is 9.68. The molecule has 1 rings (SSSR count). The third-order valence-corrected chi connectivity index (χ3v) is 1.55. The molecule has 1 aromatic carbocycles. The van der Waals surface area contributed by atoms with Gasteiger partial charge < -0.3 is 10.5 Å². The summed E-state index contributed by atoms with van der Waals surface area (Å²) in [5, 5.41) is 0. The van der Waals surface area contributed by atoms with Crippen LogP contribution >= 0.6 is 0 Å². The van der Waals surface area contributed by atoms with Gasteiger partial charge >= 0.3 is 0 Å². The van der Waals surface area contributed by atoms with Gasteiger partial charge in [0.05, 0.1) is 5.56 Å². The zero-order valence-electron chi connectivity index (χ0n) is 7.57. The van der Waals surface area contributed by atoms with Crippen molar-refractivity contribution in [2.24, 2.45) is 5.73 Å². The van der Waals surface area contributed by atoms with Gasteiger partial charge in [-0.1, -0.05) is 12.1 Å². The Bertz CT molecular complexity index is 284. The highest BCUT2D eigenvalue weighted by molar-refractivity contribution is 5.79. The molecule has 13 heavy (non-hydrogen) atoms. The van der Waals surface area contributed by atoms with Crippen LogP contribution in [0.5, 0.6) is 5.75 Å². The van der Waals surface area contributed by atoms with Gasteiger partial charge in [0.25, 0.3) is 0 Å². The molecule has 0 saturated carbocycles. The second kappa shape index (κ2) is 4.62. The van der Waals surface area contributed by atoms with Gasteiger partial charge in [-0.05, 0) is 19.1 Å². The van der Waals surface area contributed by atoms with Crippen molar-refractivity contribution in [2.45, 2.75) is 13.0 Å². The highest BCUT2D eigenvalue weighted by Crippen LogP contribution is 2.15. The molecule has 0 aliphatic rings. The lowest BCUT2D eigenvalue weighted by molar-refractivity contribution is 0.111. The lowest BCUT2D eigenvalue weighted by Gasteiger charge is -2.09. The first-order valence-electron chi connectivity index (χ1n) is 4.16. The summed E-state index contributed by atoms with van der Waals surface area (Å²) in [4.78, 5) is 10.6. The summed E-state index contributed by atoms with van der Waals surface area (Å²) in [6, 6.07) is 7.06. The fourth-order valence-corrected chi connectivity index (χ4v) is 0.931. The van der Waals surface area contributed by atoms with E-state index in [1.165, 1.54) is 0 Å². The number of hydrogen-bond donors (Lipinski definition) is 1. The van der Waals surface area contributed by atoms with E-state index in [9.17, 15) is 4.79 Å². The van der Waals surface area contributed by atoms with Crippen molar-refractivity contribution in [3.63, 3.8) is 0 Å². The second-order valence-electron chi connectivity index (χ2n) is 2.94. The van der Waals surface area contributed by atoms with Gasteiger partial charge in [-0.15, -0.1) is 0 Å². The van der Waals surface area contributed by atoms with Crippen molar-refractivity contribution in [1.29, 1.82) is 0 Å². The highest BCUT2D eigenvalue weighted by Gasteiger charge is 2.01. The normalized spacial score (nSPS) is 12.2. The molecule has 0 spiro atoms. The van der Waals surface area contributed by atoms with Crippen molar-refractivity contribution >= 4 is 6.29 Å². The quantitative estimate of drug-likeness (QED) is 0.707. The van der Waals surface area contributed by atoms with E-state index in [4.69, 9.17) is 10.5 Å². The largest absolute Gasteiger partial charge is 0.491 e. The van der Waals surface area contributed by atoms with E-state index in [1.807, 2.05) is 13.0 Å². The van der Waals surface area contributed by atoms with Gasteiger partial charge in [-0.2, -0.15) is 0 Å². The van der Waals surface area contributed by atoms with Gasteiger partial charge in [0.1, 0.15) is 12.4 Å². The Hall–Kier alpha value is -1.35. The van der Waals surface area contributed by atoms with Crippen LogP contribution < -0.4 is 10.5 Å². The average Bonchev–Trinajstić information content (AvgIpc) is 2.15. The molecule has 0 aliphatic heterocycles. The second-order valence-corrected chi connectivity index (χ2v) is 2.94.